The maximum atomic E-state index is 13.9. The van der Waals surface area contributed by atoms with Gasteiger partial charge in [-0.15, -0.1) is 0 Å². The van der Waals surface area contributed by atoms with Crippen LogP contribution in [0.2, 0.25) is 5.02 Å². The minimum Gasteiger partial charge on any atom is -0.387 e. The van der Waals surface area contributed by atoms with Crippen molar-refractivity contribution in [3.05, 3.63) is 94.5 Å². The van der Waals surface area contributed by atoms with Crippen molar-refractivity contribution < 1.29 is 36.2 Å². The minimum atomic E-state index is -4.11. The largest absolute Gasteiger partial charge is 0.387 e. The van der Waals surface area contributed by atoms with Gasteiger partial charge in [-0.3, -0.25) is 9.78 Å². The molecule has 0 radical (unpaired) electrons. The first-order valence-corrected chi connectivity index (χ1v) is 14.8. The van der Waals surface area contributed by atoms with Gasteiger partial charge in [-0.25, -0.2) is 21.6 Å². The van der Waals surface area contributed by atoms with E-state index in [-0.39, 0.29) is 46.7 Å². The zero-order valence-corrected chi connectivity index (χ0v) is 23.1. The van der Waals surface area contributed by atoms with Gasteiger partial charge >= 0.3 is 0 Å². The number of nitrogens with one attached hydrogen (secondary N) is 1. The number of hydrogen-bond acceptors (Lipinski definition) is 6. The lowest BCUT2D eigenvalue weighted by Crippen LogP contribution is -2.42. The van der Waals surface area contributed by atoms with Crippen molar-refractivity contribution in [3.63, 3.8) is 0 Å². The molecule has 12 heteroatoms. The molecule has 4 atom stereocenters. The fraction of sp³-hybridized carbons (Fsp3) is 0.310. The van der Waals surface area contributed by atoms with Crippen molar-refractivity contribution >= 4 is 39.1 Å². The number of ether oxygens (including phenoxy) is 1. The fourth-order valence-corrected chi connectivity index (χ4v) is 8.81. The van der Waals surface area contributed by atoms with Crippen molar-refractivity contribution in [1.29, 1.82) is 0 Å². The first-order chi connectivity index (χ1) is 19.5. The summed E-state index contributed by atoms with van der Waals surface area (Å²) in [5, 5.41) is 12.6. The average molecular weight is 607 g/mol. The molecule has 2 aliphatic carbocycles. The number of halogens is 4. The fourth-order valence-electron chi connectivity index (χ4n) is 5.89. The second kappa shape index (κ2) is 11.6. The SMILES string of the molecule is O=C(Nc1cc(F)c(F)c(F)c1)c1ccc(Cl)c(S(=O)(=O)[C@@H]2C3CCC2[C@@](O)(COC/C=C/c2ccncc2)C3)c1. The van der Waals surface area contributed by atoms with Gasteiger partial charge in [0.25, 0.3) is 5.91 Å². The summed E-state index contributed by atoms with van der Waals surface area (Å²) in [5.74, 6) is -6.45. The van der Waals surface area contributed by atoms with Crippen LogP contribution in [0.5, 0.6) is 0 Å². The number of carbonyl (C=O) groups is 1. The summed E-state index contributed by atoms with van der Waals surface area (Å²) < 4.78 is 73.9. The maximum Gasteiger partial charge on any atom is 0.255 e. The van der Waals surface area contributed by atoms with E-state index in [1.54, 1.807) is 18.5 Å². The van der Waals surface area contributed by atoms with Gasteiger partial charge < -0.3 is 15.2 Å². The molecular weight excluding hydrogens is 581 g/mol. The molecule has 7 nitrogen and oxygen atoms in total. The summed E-state index contributed by atoms with van der Waals surface area (Å²) in [5.41, 5.74) is -0.884. The summed E-state index contributed by atoms with van der Waals surface area (Å²) >= 11 is 6.29. The van der Waals surface area contributed by atoms with Gasteiger partial charge in [0.05, 0.1) is 34.0 Å². The van der Waals surface area contributed by atoms with Crippen LogP contribution in [-0.2, 0) is 14.6 Å². The zero-order chi connectivity index (χ0) is 29.4. The van der Waals surface area contributed by atoms with Gasteiger partial charge in [-0.1, -0.05) is 23.8 Å². The van der Waals surface area contributed by atoms with Crippen LogP contribution < -0.4 is 5.32 Å². The highest BCUT2D eigenvalue weighted by atomic mass is 35.5. The number of aliphatic hydroxyl groups is 1. The van der Waals surface area contributed by atoms with Crippen LogP contribution in [0.4, 0.5) is 18.9 Å². The summed E-state index contributed by atoms with van der Waals surface area (Å²) in [6, 6.07) is 8.50. The molecule has 2 aliphatic rings. The smallest absolute Gasteiger partial charge is 0.255 e. The van der Waals surface area contributed by atoms with Crippen LogP contribution in [0, 0.1) is 29.3 Å². The number of fused-ring (bicyclic) bond motifs is 2. The Balaban J connectivity index is 1.30. The molecule has 41 heavy (non-hydrogen) atoms. The van der Waals surface area contributed by atoms with E-state index in [0.29, 0.717) is 25.0 Å². The molecule has 0 spiro atoms. The van der Waals surface area contributed by atoms with Gasteiger partial charge in [-0.05, 0) is 61.1 Å². The van der Waals surface area contributed by atoms with Crippen molar-refractivity contribution in [2.45, 2.75) is 35.0 Å². The van der Waals surface area contributed by atoms with Crippen LogP contribution in [0.1, 0.15) is 35.2 Å². The van der Waals surface area contributed by atoms with E-state index in [1.807, 2.05) is 18.2 Å². The van der Waals surface area contributed by atoms with Crippen LogP contribution in [0.15, 0.2) is 65.8 Å². The number of hydrogen-bond donors (Lipinski definition) is 2. The molecule has 2 N–H and O–H groups in total. The van der Waals surface area contributed by atoms with Crippen LogP contribution >= 0.6 is 11.6 Å². The Morgan fingerprint density at radius 2 is 1.83 bits per heavy atom. The van der Waals surface area contributed by atoms with Crippen molar-refractivity contribution in [1.82, 2.24) is 4.98 Å². The van der Waals surface area contributed by atoms with Crippen LogP contribution in [0.25, 0.3) is 6.08 Å². The molecule has 2 aromatic carbocycles. The number of aromatic nitrogens is 1. The average Bonchev–Trinajstić information content (AvgIpc) is 3.49. The lowest BCUT2D eigenvalue weighted by molar-refractivity contribution is -0.0753. The quantitative estimate of drug-likeness (QED) is 0.248. The lowest BCUT2D eigenvalue weighted by atomic mass is 9.85. The summed E-state index contributed by atoms with van der Waals surface area (Å²) in [6.45, 7) is 0.187. The molecule has 2 fully saturated rings. The van der Waals surface area contributed by atoms with Crippen LogP contribution in [0.3, 0.4) is 0 Å². The highest BCUT2D eigenvalue weighted by molar-refractivity contribution is 7.92. The highest BCUT2D eigenvalue weighted by Crippen LogP contribution is 2.55. The number of anilines is 1. The Morgan fingerprint density at radius 1 is 1.12 bits per heavy atom. The van der Waals surface area contributed by atoms with E-state index in [4.69, 9.17) is 16.3 Å². The van der Waals surface area contributed by atoms with Crippen molar-refractivity contribution in [3.8, 4) is 0 Å². The second-order valence-corrected chi connectivity index (χ2v) is 12.8. The monoisotopic (exact) mass is 606 g/mol. The molecule has 1 heterocycles. The predicted molar refractivity (Wildman–Crippen MR) is 147 cm³/mol. The van der Waals surface area contributed by atoms with Gasteiger partial charge in [0.15, 0.2) is 27.3 Å². The molecule has 2 unspecified atom stereocenters. The first kappa shape index (κ1) is 29.2. The number of pyridine rings is 1. The lowest BCUT2D eigenvalue weighted by Gasteiger charge is -2.32. The standard InChI is InChI=1S/C29H26ClF3N2O5S/c30-22-6-4-18(28(36)35-20-13-23(31)26(33)24(32)14-20)12-25(22)41(38,39)27-19-3-5-21(27)29(37,15-19)16-40-11-1-2-17-7-9-34-10-8-17/h1-2,4,6-10,12-14,19,21,27,37H,3,5,11,15-16H2,(H,35,36)/b2-1+/t19?,21?,27-,29+/m1/s1. The van der Waals surface area contributed by atoms with Gasteiger partial charge in [0.1, 0.15) is 0 Å². The van der Waals surface area contributed by atoms with Gasteiger partial charge in [0, 0.05) is 41.7 Å². The minimum absolute atomic E-state index is 0.0398. The zero-order valence-electron chi connectivity index (χ0n) is 21.6. The highest BCUT2D eigenvalue weighted by Gasteiger charge is 2.61. The molecule has 1 aromatic heterocycles. The Kier molecular flexibility index (Phi) is 8.24. The number of nitrogens with zero attached hydrogens (tertiary/aromatic N) is 1. The molecule has 5 rings (SSSR count). The Labute approximate surface area is 239 Å². The van der Waals surface area contributed by atoms with Gasteiger partial charge in [-0.2, -0.15) is 0 Å². The molecule has 1 amide bonds. The predicted octanol–water partition coefficient (Wildman–Crippen LogP) is 5.44. The van der Waals surface area contributed by atoms with Crippen molar-refractivity contribution in [2.75, 3.05) is 18.5 Å². The number of carbonyl (C=O) groups excluding carboxylic acids is 1. The normalized spacial score (nSPS) is 23.8. The third-order valence-corrected chi connectivity index (χ3v) is 10.5. The molecule has 2 saturated carbocycles. The Hall–Kier alpha value is -3.25. The Morgan fingerprint density at radius 3 is 2.54 bits per heavy atom. The van der Waals surface area contributed by atoms with E-state index in [2.05, 4.69) is 10.3 Å². The van der Waals surface area contributed by atoms with Crippen LogP contribution in [-0.4, -0.2) is 48.5 Å². The van der Waals surface area contributed by atoms with E-state index in [0.717, 1.165) is 11.6 Å². The Bertz CT molecular complexity index is 1580. The third kappa shape index (κ3) is 5.90. The van der Waals surface area contributed by atoms with E-state index in [9.17, 15) is 31.5 Å². The maximum absolute atomic E-state index is 13.9. The van der Waals surface area contributed by atoms with E-state index in [1.165, 1.54) is 12.1 Å². The molecular formula is C29H26ClF3N2O5S. The molecule has 2 bridgehead atoms. The van der Waals surface area contributed by atoms with E-state index >= 15 is 0 Å². The molecule has 0 saturated heterocycles. The summed E-state index contributed by atoms with van der Waals surface area (Å²) in [6.07, 6.45) is 8.33. The summed E-state index contributed by atoms with van der Waals surface area (Å²) in [7, 11) is -4.11. The number of benzene rings is 2. The second-order valence-electron chi connectivity index (χ2n) is 10.3. The summed E-state index contributed by atoms with van der Waals surface area (Å²) in [4.78, 5) is 16.5. The van der Waals surface area contributed by atoms with Gasteiger partial charge in [0.2, 0.25) is 0 Å². The first-order valence-electron chi connectivity index (χ1n) is 12.9. The number of rotatable bonds is 9. The third-order valence-electron chi connectivity index (χ3n) is 7.70. The molecule has 3 aromatic rings. The number of amides is 1. The van der Waals surface area contributed by atoms with E-state index < -0.39 is 50.0 Å². The molecule has 216 valence electrons. The number of sulfone groups is 1. The topological polar surface area (TPSA) is 106 Å². The van der Waals surface area contributed by atoms with Crippen molar-refractivity contribution in [2.24, 2.45) is 11.8 Å². The molecule has 0 aliphatic heterocycles.